The molecular formula is C24H24N2O5S. The molecule has 0 unspecified atom stereocenters. The van der Waals surface area contributed by atoms with Crippen LogP contribution in [0.15, 0.2) is 41.0 Å². The molecule has 7 nitrogen and oxygen atoms in total. The third-order valence-electron chi connectivity index (χ3n) is 5.53. The molecule has 2 amide bonds. The molecule has 0 bridgehead atoms. The molecule has 0 spiro atoms. The minimum atomic E-state index is -0.435. The van der Waals surface area contributed by atoms with Crippen molar-refractivity contribution >= 4 is 39.8 Å². The van der Waals surface area contributed by atoms with Crippen molar-refractivity contribution in [1.82, 2.24) is 0 Å². The third kappa shape index (κ3) is 4.45. The minimum absolute atomic E-state index is 0.182. The molecule has 0 saturated heterocycles. The lowest BCUT2D eigenvalue weighted by Gasteiger charge is -2.11. The van der Waals surface area contributed by atoms with Gasteiger partial charge in [-0.05, 0) is 68.0 Å². The zero-order valence-corrected chi connectivity index (χ0v) is 18.8. The fourth-order valence-corrected chi connectivity index (χ4v) is 5.09. The Morgan fingerprint density at radius 3 is 2.59 bits per heavy atom. The summed E-state index contributed by atoms with van der Waals surface area (Å²) in [6.07, 6.45) is 6.33. The van der Waals surface area contributed by atoms with E-state index in [1.807, 2.05) is 6.92 Å². The number of amides is 2. The predicted molar refractivity (Wildman–Crippen MR) is 123 cm³/mol. The number of carbonyl (C=O) groups is 3. The molecule has 0 saturated carbocycles. The van der Waals surface area contributed by atoms with E-state index in [9.17, 15) is 14.4 Å². The van der Waals surface area contributed by atoms with E-state index in [0.29, 0.717) is 21.8 Å². The molecule has 1 aromatic carbocycles. The molecule has 1 aliphatic carbocycles. The molecule has 0 fully saturated rings. The number of carbonyl (C=O) groups excluding carboxylic acids is 3. The average Bonchev–Trinajstić information content (AvgIpc) is 3.38. The van der Waals surface area contributed by atoms with E-state index < -0.39 is 11.9 Å². The van der Waals surface area contributed by atoms with Crippen molar-refractivity contribution in [3.8, 4) is 0 Å². The summed E-state index contributed by atoms with van der Waals surface area (Å²) in [6, 6.07) is 8.26. The van der Waals surface area contributed by atoms with E-state index in [1.165, 1.54) is 24.7 Å². The van der Waals surface area contributed by atoms with E-state index in [4.69, 9.17) is 9.15 Å². The van der Waals surface area contributed by atoms with Gasteiger partial charge in [0.2, 0.25) is 0 Å². The summed E-state index contributed by atoms with van der Waals surface area (Å²) in [5.74, 6) is -1.01. The molecule has 166 valence electrons. The Morgan fingerprint density at radius 2 is 1.84 bits per heavy atom. The zero-order chi connectivity index (χ0) is 22.7. The van der Waals surface area contributed by atoms with Crippen molar-refractivity contribution in [2.45, 2.75) is 39.0 Å². The number of esters is 1. The first-order valence-corrected chi connectivity index (χ1v) is 11.3. The Morgan fingerprint density at radius 1 is 1.03 bits per heavy atom. The molecule has 2 N–H and O–H groups in total. The quantitative estimate of drug-likeness (QED) is 0.409. The van der Waals surface area contributed by atoms with Crippen LogP contribution in [0.1, 0.15) is 66.5 Å². The smallest absolute Gasteiger partial charge is 0.341 e. The van der Waals surface area contributed by atoms with Gasteiger partial charge < -0.3 is 19.8 Å². The van der Waals surface area contributed by atoms with Gasteiger partial charge >= 0.3 is 5.97 Å². The van der Waals surface area contributed by atoms with Crippen LogP contribution < -0.4 is 10.6 Å². The summed E-state index contributed by atoms with van der Waals surface area (Å²) in [5.41, 5.74) is 3.13. The van der Waals surface area contributed by atoms with Crippen LogP contribution in [0.2, 0.25) is 0 Å². The summed E-state index contributed by atoms with van der Waals surface area (Å²) in [6.45, 7) is 1.84. The van der Waals surface area contributed by atoms with E-state index >= 15 is 0 Å². The van der Waals surface area contributed by atoms with Crippen LogP contribution in [0.5, 0.6) is 0 Å². The minimum Gasteiger partial charge on any atom is -0.465 e. The Balaban J connectivity index is 1.59. The van der Waals surface area contributed by atoms with Gasteiger partial charge in [0.15, 0.2) is 5.76 Å². The van der Waals surface area contributed by atoms with Gasteiger partial charge in [-0.25, -0.2) is 4.79 Å². The first-order chi connectivity index (χ1) is 15.5. The monoisotopic (exact) mass is 452 g/mol. The number of thiophene rings is 1. The highest BCUT2D eigenvalue weighted by Crippen LogP contribution is 2.38. The van der Waals surface area contributed by atoms with Crippen LogP contribution in [-0.4, -0.2) is 24.9 Å². The molecule has 3 aromatic rings. The maximum absolute atomic E-state index is 13.0. The summed E-state index contributed by atoms with van der Waals surface area (Å²) < 4.78 is 10.1. The summed E-state index contributed by atoms with van der Waals surface area (Å²) in [4.78, 5) is 39.0. The van der Waals surface area contributed by atoms with E-state index in [-0.39, 0.29) is 11.7 Å². The molecule has 32 heavy (non-hydrogen) atoms. The van der Waals surface area contributed by atoms with E-state index in [2.05, 4.69) is 10.6 Å². The van der Waals surface area contributed by atoms with Crippen LogP contribution in [0.4, 0.5) is 10.7 Å². The molecule has 0 radical (unpaired) electrons. The Kier molecular flexibility index (Phi) is 6.41. The lowest BCUT2D eigenvalue weighted by molar-refractivity contribution is 0.0601. The van der Waals surface area contributed by atoms with Gasteiger partial charge in [0.25, 0.3) is 11.8 Å². The highest BCUT2D eigenvalue weighted by molar-refractivity contribution is 7.17. The van der Waals surface area contributed by atoms with Crippen molar-refractivity contribution in [2.75, 3.05) is 17.7 Å². The molecule has 1 aliphatic rings. The number of aryl methyl sites for hydroxylation is 2. The largest absolute Gasteiger partial charge is 0.465 e. The van der Waals surface area contributed by atoms with Gasteiger partial charge in [-0.15, -0.1) is 11.3 Å². The van der Waals surface area contributed by atoms with E-state index in [0.717, 1.165) is 48.1 Å². The fraction of sp³-hybridized carbons (Fsp3) is 0.292. The fourth-order valence-electron chi connectivity index (χ4n) is 3.81. The number of rotatable bonds is 5. The molecule has 2 heterocycles. The lowest BCUT2D eigenvalue weighted by Crippen LogP contribution is -2.16. The number of benzene rings is 1. The van der Waals surface area contributed by atoms with Crippen LogP contribution >= 0.6 is 11.3 Å². The highest BCUT2D eigenvalue weighted by atomic mass is 32.1. The second-order valence-corrected chi connectivity index (χ2v) is 8.78. The number of hydrogen-bond donors (Lipinski definition) is 2. The number of fused-ring (bicyclic) bond motifs is 1. The molecule has 0 atom stereocenters. The van der Waals surface area contributed by atoms with Gasteiger partial charge in [-0.2, -0.15) is 0 Å². The predicted octanol–water partition coefficient (Wildman–Crippen LogP) is 5.21. The topological polar surface area (TPSA) is 97.6 Å². The lowest BCUT2D eigenvalue weighted by atomic mass is 10.1. The standard InChI is InChI=1S/C24H24N2O5S/c1-14-10-11-15(13-17(14)25-22(28)18-8-6-12-31-18)21(27)26-23-20(24(29)30-2)16-7-4-3-5-9-19(16)32-23/h6,8,10-13H,3-5,7,9H2,1-2H3,(H,25,28)(H,26,27). The average molecular weight is 453 g/mol. The summed E-state index contributed by atoms with van der Waals surface area (Å²) in [7, 11) is 1.35. The van der Waals surface area contributed by atoms with Gasteiger partial charge in [0, 0.05) is 16.1 Å². The first kappa shape index (κ1) is 21.8. The number of hydrogen-bond acceptors (Lipinski definition) is 6. The number of furan rings is 1. The number of ether oxygens (including phenoxy) is 1. The summed E-state index contributed by atoms with van der Waals surface area (Å²) >= 11 is 1.44. The van der Waals surface area contributed by atoms with Crippen molar-refractivity contribution in [1.29, 1.82) is 0 Å². The molecular weight excluding hydrogens is 428 g/mol. The van der Waals surface area contributed by atoms with Gasteiger partial charge in [-0.3, -0.25) is 9.59 Å². The van der Waals surface area contributed by atoms with Crippen molar-refractivity contribution in [3.05, 3.63) is 69.5 Å². The molecule has 8 heteroatoms. The Bertz CT molecular complexity index is 1160. The van der Waals surface area contributed by atoms with Gasteiger partial charge in [-0.1, -0.05) is 12.5 Å². The Hall–Kier alpha value is -3.39. The maximum Gasteiger partial charge on any atom is 0.341 e. The molecule has 4 rings (SSSR count). The SMILES string of the molecule is COC(=O)c1c(NC(=O)c2ccc(C)c(NC(=O)c3ccco3)c2)sc2c1CCCCC2. The van der Waals surface area contributed by atoms with Crippen LogP contribution in [0.3, 0.4) is 0 Å². The normalized spacial score (nSPS) is 13.1. The van der Waals surface area contributed by atoms with Crippen LogP contribution in [0, 0.1) is 6.92 Å². The second kappa shape index (κ2) is 9.40. The van der Waals surface area contributed by atoms with E-state index in [1.54, 1.807) is 30.3 Å². The van der Waals surface area contributed by atoms with Gasteiger partial charge in [0.1, 0.15) is 5.00 Å². The maximum atomic E-state index is 13.0. The van der Waals surface area contributed by atoms with Crippen LogP contribution in [-0.2, 0) is 17.6 Å². The highest BCUT2D eigenvalue weighted by Gasteiger charge is 2.26. The van der Waals surface area contributed by atoms with Gasteiger partial charge in [0.05, 0.1) is 18.9 Å². The summed E-state index contributed by atoms with van der Waals surface area (Å²) in [5, 5.41) is 6.18. The number of nitrogens with one attached hydrogen (secondary N) is 2. The van der Waals surface area contributed by atoms with Crippen molar-refractivity contribution in [3.63, 3.8) is 0 Å². The van der Waals surface area contributed by atoms with Crippen LogP contribution in [0.25, 0.3) is 0 Å². The number of anilines is 2. The third-order valence-corrected chi connectivity index (χ3v) is 6.74. The second-order valence-electron chi connectivity index (χ2n) is 7.68. The van der Waals surface area contributed by atoms with Crippen molar-refractivity contribution < 1.29 is 23.5 Å². The van der Waals surface area contributed by atoms with Crippen molar-refractivity contribution in [2.24, 2.45) is 0 Å². The zero-order valence-electron chi connectivity index (χ0n) is 17.9. The molecule has 0 aliphatic heterocycles. The molecule has 2 aromatic heterocycles. The first-order valence-electron chi connectivity index (χ1n) is 10.5. The Labute approximate surface area is 189 Å². The number of methoxy groups -OCH3 is 1.